The molecule has 142 valence electrons. The first-order valence-electron chi connectivity index (χ1n) is 9.03. The van der Waals surface area contributed by atoms with Gasteiger partial charge in [0.1, 0.15) is 12.4 Å². The molecule has 0 spiro atoms. The highest BCUT2D eigenvalue weighted by Gasteiger charge is 2.30. The smallest absolute Gasteiger partial charge is 0.306 e. The molecule has 1 aliphatic rings. The van der Waals surface area contributed by atoms with Crippen LogP contribution >= 0.6 is 11.6 Å². The highest BCUT2D eigenvalue weighted by molar-refractivity contribution is 6.30. The van der Waals surface area contributed by atoms with Gasteiger partial charge in [0.2, 0.25) is 5.91 Å². The highest BCUT2D eigenvalue weighted by Crippen LogP contribution is 2.31. The Kier molecular flexibility index (Phi) is 6.35. The lowest BCUT2D eigenvalue weighted by atomic mass is 9.81. The fraction of sp³-hybridized carbons (Fsp3) is 0.333. The summed E-state index contributed by atoms with van der Waals surface area (Å²) in [5.74, 6) is -0.764. The standard InChI is InChI=1S/C21H22ClNO4/c22-17-5-3-4-14(12-17)13-27-19-7-2-1-6-18(19)23-20(24)15-8-10-16(11-9-15)21(25)26/h1-7,12,15-16H,8-11,13H2,(H,23,24)(H,25,26). The summed E-state index contributed by atoms with van der Waals surface area (Å²) in [6, 6.07) is 14.7. The van der Waals surface area contributed by atoms with Crippen molar-refractivity contribution in [3.05, 3.63) is 59.1 Å². The van der Waals surface area contributed by atoms with Crippen molar-refractivity contribution in [2.24, 2.45) is 11.8 Å². The summed E-state index contributed by atoms with van der Waals surface area (Å²) < 4.78 is 5.86. The van der Waals surface area contributed by atoms with Crippen molar-refractivity contribution < 1.29 is 19.4 Å². The lowest BCUT2D eigenvalue weighted by Crippen LogP contribution is -2.29. The maximum atomic E-state index is 12.6. The van der Waals surface area contributed by atoms with Crippen LogP contribution in [0.3, 0.4) is 0 Å². The van der Waals surface area contributed by atoms with E-state index in [-0.39, 0.29) is 17.7 Å². The largest absolute Gasteiger partial charge is 0.487 e. The van der Waals surface area contributed by atoms with Crippen LogP contribution in [0.25, 0.3) is 0 Å². The van der Waals surface area contributed by atoms with Crippen LogP contribution in [0, 0.1) is 11.8 Å². The Morgan fingerprint density at radius 2 is 1.74 bits per heavy atom. The number of carbonyl (C=O) groups excluding carboxylic acids is 1. The molecule has 0 radical (unpaired) electrons. The quantitative estimate of drug-likeness (QED) is 0.750. The summed E-state index contributed by atoms with van der Waals surface area (Å²) in [7, 11) is 0. The van der Waals surface area contributed by atoms with Crippen molar-refractivity contribution in [2.75, 3.05) is 5.32 Å². The third-order valence-corrected chi connectivity index (χ3v) is 5.11. The molecule has 0 saturated heterocycles. The van der Waals surface area contributed by atoms with Crippen molar-refractivity contribution in [3.8, 4) is 5.75 Å². The third-order valence-electron chi connectivity index (χ3n) is 4.88. The first-order chi connectivity index (χ1) is 13.0. The Hall–Kier alpha value is -2.53. The Balaban J connectivity index is 1.60. The molecule has 27 heavy (non-hydrogen) atoms. The minimum atomic E-state index is -0.770. The molecule has 0 aliphatic heterocycles. The molecule has 0 heterocycles. The fourth-order valence-electron chi connectivity index (χ4n) is 3.32. The third kappa shape index (κ3) is 5.23. The van der Waals surface area contributed by atoms with E-state index in [0.717, 1.165) is 5.56 Å². The zero-order valence-corrected chi connectivity index (χ0v) is 15.6. The van der Waals surface area contributed by atoms with Gasteiger partial charge in [-0.25, -0.2) is 0 Å². The zero-order chi connectivity index (χ0) is 19.2. The monoisotopic (exact) mass is 387 g/mol. The molecule has 1 fully saturated rings. The molecule has 0 bridgehead atoms. The number of hydrogen-bond donors (Lipinski definition) is 2. The molecule has 3 rings (SSSR count). The summed E-state index contributed by atoms with van der Waals surface area (Å²) >= 11 is 5.99. The van der Waals surface area contributed by atoms with Crippen molar-refractivity contribution in [2.45, 2.75) is 32.3 Å². The number of ether oxygens (including phenoxy) is 1. The molecule has 5 nitrogen and oxygen atoms in total. The second-order valence-electron chi connectivity index (χ2n) is 6.79. The molecule has 2 aromatic carbocycles. The van der Waals surface area contributed by atoms with E-state index in [0.29, 0.717) is 48.7 Å². The Morgan fingerprint density at radius 1 is 1.04 bits per heavy atom. The van der Waals surface area contributed by atoms with Crippen molar-refractivity contribution in [1.82, 2.24) is 0 Å². The molecule has 1 aliphatic carbocycles. The van der Waals surface area contributed by atoms with Crippen LogP contribution in [0.4, 0.5) is 5.69 Å². The lowest BCUT2D eigenvalue weighted by Gasteiger charge is -2.25. The van der Waals surface area contributed by atoms with Gasteiger partial charge in [-0.2, -0.15) is 0 Å². The molecule has 6 heteroatoms. The predicted octanol–water partition coefficient (Wildman–Crippen LogP) is 4.75. The van der Waals surface area contributed by atoms with Crippen LogP contribution in [0.5, 0.6) is 5.75 Å². The van der Waals surface area contributed by atoms with Crippen LogP contribution in [0.15, 0.2) is 48.5 Å². The van der Waals surface area contributed by atoms with E-state index in [1.807, 2.05) is 36.4 Å². The number of para-hydroxylation sites is 2. The molecular weight excluding hydrogens is 366 g/mol. The van der Waals surface area contributed by atoms with Gasteiger partial charge in [0.05, 0.1) is 11.6 Å². The lowest BCUT2D eigenvalue weighted by molar-refractivity contribution is -0.143. The molecule has 2 N–H and O–H groups in total. The van der Waals surface area contributed by atoms with E-state index < -0.39 is 5.97 Å². The molecule has 0 atom stereocenters. The molecular formula is C21H22ClNO4. The van der Waals surface area contributed by atoms with Crippen LogP contribution in [-0.2, 0) is 16.2 Å². The van der Waals surface area contributed by atoms with E-state index in [2.05, 4.69) is 5.32 Å². The second kappa shape index (κ2) is 8.91. The second-order valence-corrected chi connectivity index (χ2v) is 7.23. The maximum absolute atomic E-state index is 12.6. The van der Waals surface area contributed by atoms with Crippen LogP contribution in [0.2, 0.25) is 5.02 Å². The van der Waals surface area contributed by atoms with Crippen LogP contribution in [0.1, 0.15) is 31.2 Å². The van der Waals surface area contributed by atoms with Gasteiger partial charge in [-0.15, -0.1) is 0 Å². The normalized spacial score (nSPS) is 19.3. The van der Waals surface area contributed by atoms with E-state index in [1.54, 1.807) is 12.1 Å². The summed E-state index contributed by atoms with van der Waals surface area (Å²) in [5.41, 5.74) is 1.56. The van der Waals surface area contributed by atoms with Gasteiger partial charge >= 0.3 is 5.97 Å². The maximum Gasteiger partial charge on any atom is 0.306 e. The van der Waals surface area contributed by atoms with Gasteiger partial charge < -0.3 is 15.2 Å². The average Bonchev–Trinajstić information content (AvgIpc) is 2.67. The number of carbonyl (C=O) groups is 2. The summed E-state index contributed by atoms with van der Waals surface area (Å²) in [4.78, 5) is 23.6. The molecule has 2 aromatic rings. The predicted molar refractivity (Wildman–Crippen MR) is 104 cm³/mol. The van der Waals surface area contributed by atoms with Crippen LogP contribution < -0.4 is 10.1 Å². The Bertz CT molecular complexity index is 815. The SMILES string of the molecule is O=C(O)C1CCC(C(=O)Nc2ccccc2OCc2cccc(Cl)c2)CC1. The van der Waals surface area contributed by atoms with E-state index in [1.165, 1.54) is 0 Å². The van der Waals surface area contributed by atoms with Gasteiger partial charge in [0.25, 0.3) is 0 Å². The highest BCUT2D eigenvalue weighted by atomic mass is 35.5. The number of rotatable bonds is 6. The van der Waals surface area contributed by atoms with E-state index in [9.17, 15) is 9.59 Å². The van der Waals surface area contributed by atoms with E-state index >= 15 is 0 Å². The topological polar surface area (TPSA) is 75.6 Å². The van der Waals surface area contributed by atoms with Gasteiger partial charge in [-0.05, 0) is 55.5 Å². The van der Waals surface area contributed by atoms with Gasteiger partial charge in [0, 0.05) is 10.9 Å². The molecule has 0 unspecified atom stereocenters. The summed E-state index contributed by atoms with van der Waals surface area (Å²) in [6.45, 7) is 0.344. The number of carboxylic acids is 1. The van der Waals surface area contributed by atoms with Crippen molar-refractivity contribution in [3.63, 3.8) is 0 Å². The minimum Gasteiger partial charge on any atom is -0.487 e. The fourth-order valence-corrected chi connectivity index (χ4v) is 3.53. The van der Waals surface area contributed by atoms with Crippen molar-refractivity contribution in [1.29, 1.82) is 0 Å². The number of amides is 1. The Labute approximate surface area is 163 Å². The van der Waals surface area contributed by atoms with Crippen molar-refractivity contribution >= 4 is 29.2 Å². The Morgan fingerprint density at radius 3 is 2.44 bits per heavy atom. The number of anilines is 1. The summed E-state index contributed by atoms with van der Waals surface area (Å²) in [6.07, 6.45) is 2.27. The first kappa shape index (κ1) is 19.2. The molecule has 1 saturated carbocycles. The average molecular weight is 388 g/mol. The van der Waals surface area contributed by atoms with Crippen LogP contribution in [-0.4, -0.2) is 17.0 Å². The first-order valence-corrected chi connectivity index (χ1v) is 9.40. The number of nitrogens with one attached hydrogen (secondary N) is 1. The molecule has 1 amide bonds. The number of benzene rings is 2. The number of hydrogen-bond acceptors (Lipinski definition) is 3. The summed E-state index contributed by atoms with van der Waals surface area (Å²) in [5, 5.41) is 12.7. The number of aliphatic carboxylic acids is 1. The zero-order valence-electron chi connectivity index (χ0n) is 14.9. The number of halogens is 1. The van der Waals surface area contributed by atoms with Gasteiger partial charge in [-0.1, -0.05) is 35.9 Å². The van der Waals surface area contributed by atoms with Gasteiger partial charge in [0.15, 0.2) is 0 Å². The molecule has 0 aromatic heterocycles. The van der Waals surface area contributed by atoms with E-state index in [4.69, 9.17) is 21.4 Å². The minimum absolute atomic E-state index is 0.0855. The number of carboxylic acid groups (broad SMARTS) is 1. The van der Waals surface area contributed by atoms with Gasteiger partial charge in [-0.3, -0.25) is 9.59 Å².